The second kappa shape index (κ2) is 4.17. The molecule has 2 aromatic heterocycles. The zero-order chi connectivity index (χ0) is 12.1. The van der Waals surface area contributed by atoms with Crippen molar-refractivity contribution >= 4 is 44.9 Å². The number of nitrogens with one attached hydrogen (secondary N) is 1. The summed E-state index contributed by atoms with van der Waals surface area (Å²) in [6.45, 7) is 0. The minimum absolute atomic E-state index is 0. The molecule has 0 fully saturated rings. The molecule has 4 rings (SSSR count). The number of halogens is 2. The second-order valence-electron chi connectivity index (χ2n) is 4.22. The highest BCUT2D eigenvalue weighted by atomic mass is 35.5. The van der Waals surface area contributed by atoms with Gasteiger partial charge in [0, 0.05) is 28.6 Å². The van der Waals surface area contributed by atoms with Gasteiger partial charge in [0.05, 0.1) is 0 Å². The number of rotatable bonds is 0. The van der Waals surface area contributed by atoms with Crippen LogP contribution in [0.3, 0.4) is 0 Å². The molecule has 4 aromatic rings. The van der Waals surface area contributed by atoms with Crippen molar-refractivity contribution in [3.63, 3.8) is 0 Å². The summed E-state index contributed by atoms with van der Waals surface area (Å²) in [7, 11) is 0. The summed E-state index contributed by atoms with van der Waals surface area (Å²) in [4.78, 5) is 3.75. The topological polar surface area (TPSA) is 41.6 Å². The van der Waals surface area contributed by atoms with Crippen LogP contribution in [-0.2, 0) is 0 Å². The molecule has 0 spiro atoms. The molecule has 0 saturated carbocycles. The summed E-state index contributed by atoms with van der Waals surface area (Å²) in [6, 6.07) is 9.49. The van der Waals surface area contributed by atoms with Crippen LogP contribution in [0.5, 0.6) is 0 Å². The van der Waals surface area contributed by atoms with E-state index in [1.54, 1.807) is 6.20 Å². The Morgan fingerprint density at radius 1 is 0.947 bits per heavy atom. The first-order valence-electron chi connectivity index (χ1n) is 5.64. The molecular formula is C14H9ClFN3. The third-order valence-electron chi connectivity index (χ3n) is 3.29. The van der Waals surface area contributed by atoms with E-state index in [4.69, 9.17) is 0 Å². The van der Waals surface area contributed by atoms with E-state index in [9.17, 15) is 4.39 Å². The molecule has 0 aliphatic carbocycles. The molecule has 3 nitrogen and oxygen atoms in total. The van der Waals surface area contributed by atoms with E-state index in [1.807, 2.05) is 30.3 Å². The van der Waals surface area contributed by atoms with Crippen molar-refractivity contribution in [2.45, 2.75) is 0 Å². The maximum Gasteiger partial charge on any atom is 0.221 e. The molecule has 5 heteroatoms. The summed E-state index contributed by atoms with van der Waals surface area (Å²) in [5.74, 6) is -0.438. The Bertz CT molecular complexity index is 901. The normalized spacial score (nSPS) is 11.0. The fourth-order valence-electron chi connectivity index (χ4n) is 2.53. The van der Waals surface area contributed by atoms with Crippen LogP contribution < -0.4 is 0 Å². The van der Waals surface area contributed by atoms with Gasteiger partial charge in [0.2, 0.25) is 5.95 Å². The van der Waals surface area contributed by atoms with Crippen molar-refractivity contribution in [3.8, 4) is 0 Å². The van der Waals surface area contributed by atoms with E-state index in [2.05, 4.69) is 15.2 Å². The number of H-pyrrole nitrogens is 1. The highest BCUT2D eigenvalue weighted by molar-refractivity contribution is 6.23. The number of pyridine rings is 1. The first-order chi connectivity index (χ1) is 8.86. The molecule has 0 aliphatic rings. The Morgan fingerprint density at radius 3 is 2.53 bits per heavy atom. The molecule has 0 aliphatic heterocycles. The van der Waals surface area contributed by atoms with Gasteiger partial charge in [0.25, 0.3) is 0 Å². The maximum atomic E-state index is 14.0. The van der Waals surface area contributed by atoms with Gasteiger partial charge in [-0.15, -0.1) is 12.4 Å². The lowest BCUT2D eigenvalue weighted by Gasteiger charge is -2.05. The third kappa shape index (κ3) is 1.50. The standard InChI is InChI=1S/C14H8FN3.ClH/c15-14-12-8-3-1-2-4-10(8)13-11(7-17-18-13)9(12)5-6-16-14;/h1-7H,(H,17,18);1H. The molecular weight excluding hydrogens is 265 g/mol. The Balaban J connectivity index is 0.00000110. The molecule has 0 unspecified atom stereocenters. The third-order valence-corrected chi connectivity index (χ3v) is 3.29. The van der Waals surface area contributed by atoms with Crippen LogP contribution in [0.1, 0.15) is 0 Å². The second-order valence-corrected chi connectivity index (χ2v) is 4.22. The van der Waals surface area contributed by atoms with Crippen molar-refractivity contribution in [3.05, 3.63) is 48.7 Å². The van der Waals surface area contributed by atoms with Gasteiger partial charge >= 0.3 is 0 Å². The molecule has 0 atom stereocenters. The Morgan fingerprint density at radius 2 is 1.68 bits per heavy atom. The smallest absolute Gasteiger partial charge is 0.221 e. The summed E-state index contributed by atoms with van der Waals surface area (Å²) >= 11 is 0. The van der Waals surface area contributed by atoms with E-state index in [1.165, 1.54) is 6.20 Å². The minimum Gasteiger partial charge on any atom is -0.284 e. The number of fused-ring (bicyclic) bond motifs is 6. The fraction of sp³-hybridized carbons (Fsp3) is 0. The molecule has 2 aromatic carbocycles. The SMILES string of the molecule is Cl.Fc1nccc2c3c[nH]nc3c3ccccc3c12. The largest absolute Gasteiger partial charge is 0.284 e. The number of nitrogens with zero attached hydrogens (tertiary/aromatic N) is 2. The lowest BCUT2D eigenvalue weighted by molar-refractivity contribution is 0.597. The highest BCUT2D eigenvalue weighted by Gasteiger charge is 2.13. The zero-order valence-corrected chi connectivity index (χ0v) is 10.5. The molecule has 1 N–H and O–H groups in total. The predicted molar refractivity (Wildman–Crippen MR) is 76.1 cm³/mol. The number of aromatic amines is 1. The Kier molecular flexibility index (Phi) is 2.61. The van der Waals surface area contributed by atoms with Gasteiger partial charge in [-0.25, -0.2) is 4.98 Å². The van der Waals surface area contributed by atoms with Gasteiger partial charge in [0.1, 0.15) is 5.52 Å². The average Bonchev–Trinajstić information content (AvgIpc) is 2.88. The van der Waals surface area contributed by atoms with Crippen molar-refractivity contribution < 1.29 is 4.39 Å². The Labute approximate surface area is 113 Å². The molecule has 94 valence electrons. The predicted octanol–water partition coefficient (Wildman–Crippen LogP) is 3.83. The highest BCUT2D eigenvalue weighted by Crippen LogP contribution is 2.34. The molecule has 0 saturated heterocycles. The summed E-state index contributed by atoms with van der Waals surface area (Å²) in [5.41, 5.74) is 0.865. The summed E-state index contributed by atoms with van der Waals surface area (Å²) in [6.07, 6.45) is 3.28. The van der Waals surface area contributed by atoms with Crippen molar-refractivity contribution in [2.24, 2.45) is 0 Å². The van der Waals surface area contributed by atoms with Crippen LogP contribution >= 0.6 is 12.4 Å². The van der Waals surface area contributed by atoms with Gasteiger partial charge in [-0.3, -0.25) is 5.10 Å². The Hall–Kier alpha value is -2.20. The minimum atomic E-state index is -0.438. The van der Waals surface area contributed by atoms with Crippen LogP contribution in [0, 0.1) is 5.95 Å². The fourth-order valence-corrected chi connectivity index (χ4v) is 2.53. The number of hydrogen-bond acceptors (Lipinski definition) is 2. The molecule has 0 radical (unpaired) electrons. The number of aromatic nitrogens is 3. The van der Waals surface area contributed by atoms with Crippen molar-refractivity contribution in [1.29, 1.82) is 0 Å². The van der Waals surface area contributed by atoms with Crippen LogP contribution in [0.25, 0.3) is 32.4 Å². The van der Waals surface area contributed by atoms with Gasteiger partial charge in [0.15, 0.2) is 0 Å². The lowest BCUT2D eigenvalue weighted by Crippen LogP contribution is -1.87. The lowest BCUT2D eigenvalue weighted by atomic mass is 10.00. The monoisotopic (exact) mass is 273 g/mol. The average molecular weight is 274 g/mol. The van der Waals surface area contributed by atoms with Crippen LogP contribution in [0.2, 0.25) is 0 Å². The summed E-state index contributed by atoms with van der Waals surface area (Å²) < 4.78 is 14.0. The van der Waals surface area contributed by atoms with Crippen LogP contribution in [0.4, 0.5) is 4.39 Å². The van der Waals surface area contributed by atoms with Gasteiger partial charge in [-0.1, -0.05) is 24.3 Å². The van der Waals surface area contributed by atoms with E-state index in [-0.39, 0.29) is 12.4 Å². The number of benzene rings is 2. The van der Waals surface area contributed by atoms with E-state index in [0.29, 0.717) is 5.39 Å². The summed E-state index contributed by atoms with van der Waals surface area (Å²) in [5, 5.41) is 11.2. The molecule has 19 heavy (non-hydrogen) atoms. The quantitative estimate of drug-likeness (QED) is 0.391. The zero-order valence-electron chi connectivity index (χ0n) is 9.72. The maximum absolute atomic E-state index is 14.0. The van der Waals surface area contributed by atoms with E-state index < -0.39 is 5.95 Å². The van der Waals surface area contributed by atoms with Crippen molar-refractivity contribution in [1.82, 2.24) is 15.2 Å². The molecule has 0 amide bonds. The first kappa shape index (κ1) is 11.9. The van der Waals surface area contributed by atoms with Gasteiger partial charge in [-0.2, -0.15) is 9.49 Å². The van der Waals surface area contributed by atoms with E-state index >= 15 is 0 Å². The van der Waals surface area contributed by atoms with Crippen LogP contribution in [0.15, 0.2) is 42.7 Å². The van der Waals surface area contributed by atoms with Crippen molar-refractivity contribution in [2.75, 3.05) is 0 Å². The number of hydrogen-bond donors (Lipinski definition) is 1. The molecule has 0 bridgehead atoms. The van der Waals surface area contributed by atoms with Crippen LogP contribution in [-0.4, -0.2) is 15.2 Å². The van der Waals surface area contributed by atoms with E-state index in [0.717, 1.165) is 27.1 Å². The van der Waals surface area contributed by atoms with Gasteiger partial charge < -0.3 is 0 Å². The molecule has 2 heterocycles. The first-order valence-corrected chi connectivity index (χ1v) is 5.64. The van der Waals surface area contributed by atoms with Gasteiger partial charge in [-0.05, 0) is 16.8 Å².